The zero-order chi connectivity index (χ0) is 16.1. The molecule has 7 nitrogen and oxygen atoms in total. The molecular formula is C16H14N2O5. The third-order valence-electron chi connectivity index (χ3n) is 4.46. The normalized spacial score (nSPS) is 30.7. The summed E-state index contributed by atoms with van der Waals surface area (Å²) in [4.78, 5) is 37.2. The summed E-state index contributed by atoms with van der Waals surface area (Å²) in [5.41, 5.74) is 2.70. The van der Waals surface area contributed by atoms with Crippen molar-refractivity contribution in [2.75, 3.05) is 7.11 Å². The summed E-state index contributed by atoms with van der Waals surface area (Å²) < 4.78 is 10.6. The maximum Gasteiger partial charge on any atom is 0.270 e. The molecule has 2 fully saturated rings. The Morgan fingerprint density at radius 1 is 1.17 bits per heavy atom. The molecule has 0 spiro atoms. The van der Waals surface area contributed by atoms with Crippen LogP contribution in [0.15, 0.2) is 36.4 Å². The Labute approximate surface area is 131 Å². The smallest absolute Gasteiger partial charge is 0.270 e. The first kappa shape index (κ1) is 14.0. The molecule has 4 atom stereocenters. The molecule has 4 rings (SSSR count). The van der Waals surface area contributed by atoms with E-state index in [1.54, 1.807) is 30.4 Å². The van der Waals surface area contributed by atoms with E-state index in [4.69, 9.17) is 9.47 Å². The number of fused-ring (bicyclic) bond motifs is 5. The lowest BCUT2D eigenvalue weighted by Crippen LogP contribution is -2.47. The number of rotatable bonds is 3. The van der Waals surface area contributed by atoms with Crippen LogP contribution in [0.2, 0.25) is 0 Å². The first-order chi connectivity index (χ1) is 11.1. The molecule has 2 bridgehead atoms. The van der Waals surface area contributed by atoms with Crippen LogP contribution in [-0.2, 0) is 14.3 Å². The van der Waals surface area contributed by atoms with Gasteiger partial charge in [-0.1, -0.05) is 18.2 Å². The number of ether oxygens (including phenoxy) is 2. The Kier molecular flexibility index (Phi) is 2.99. The van der Waals surface area contributed by atoms with E-state index in [1.807, 2.05) is 0 Å². The van der Waals surface area contributed by atoms with E-state index in [1.165, 1.54) is 13.2 Å². The number of imide groups is 1. The molecule has 1 aromatic carbocycles. The highest BCUT2D eigenvalue weighted by Gasteiger charge is 2.61. The fourth-order valence-corrected chi connectivity index (χ4v) is 3.34. The Morgan fingerprint density at radius 2 is 1.83 bits per heavy atom. The lowest BCUT2D eigenvalue weighted by Gasteiger charge is -2.18. The topological polar surface area (TPSA) is 84.9 Å². The van der Waals surface area contributed by atoms with Crippen LogP contribution >= 0.6 is 0 Å². The monoisotopic (exact) mass is 314 g/mol. The van der Waals surface area contributed by atoms with Gasteiger partial charge in [-0.2, -0.15) is 5.01 Å². The van der Waals surface area contributed by atoms with E-state index >= 15 is 0 Å². The van der Waals surface area contributed by atoms with Crippen molar-refractivity contribution in [3.63, 3.8) is 0 Å². The summed E-state index contributed by atoms with van der Waals surface area (Å²) in [6.07, 6.45) is 2.84. The third kappa shape index (κ3) is 1.97. The van der Waals surface area contributed by atoms with E-state index in [2.05, 4.69) is 5.43 Å². The summed E-state index contributed by atoms with van der Waals surface area (Å²) >= 11 is 0. The molecule has 3 heterocycles. The second kappa shape index (κ2) is 4.92. The van der Waals surface area contributed by atoms with E-state index in [-0.39, 0.29) is 12.2 Å². The SMILES string of the molecule is COc1cccc(C(=O)NN2C(=O)[C@@H]3[C@H](C2=O)[C@H]2C=C[C@@H]3O2)c1. The molecule has 0 aromatic heterocycles. The number of hydrogen-bond acceptors (Lipinski definition) is 5. The molecule has 0 aliphatic carbocycles. The van der Waals surface area contributed by atoms with Crippen molar-refractivity contribution in [1.82, 2.24) is 10.4 Å². The maximum absolute atomic E-state index is 12.4. The average Bonchev–Trinajstić information content (AvgIpc) is 3.24. The van der Waals surface area contributed by atoms with Crippen LogP contribution in [0, 0.1) is 11.8 Å². The molecule has 1 N–H and O–H groups in total. The molecule has 23 heavy (non-hydrogen) atoms. The van der Waals surface area contributed by atoms with Crippen molar-refractivity contribution in [1.29, 1.82) is 0 Å². The van der Waals surface area contributed by atoms with Gasteiger partial charge in [0, 0.05) is 5.56 Å². The zero-order valence-corrected chi connectivity index (χ0v) is 12.3. The lowest BCUT2D eigenvalue weighted by atomic mass is 9.85. The van der Waals surface area contributed by atoms with Gasteiger partial charge in [-0.05, 0) is 18.2 Å². The Morgan fingerprint density at radius 3 is 2.43 bits per heavy atom. The summed E-state index contributed by atoms with van der Waals surface area (Å²) in [5, 5.41) is 0.826. The average molecular weight is 314 g/mol. The molecule has 118 valence electrons. The van der Waals surface area contributed by atoms with Crippen molar-refractivity contribution in [2.45, 2.75) is 12.2 Å². The van der Waals surface area contributed by atoms with Crippen LogP contribution in [0.25, 0.3) is 0 Å². The van der Waals surface area contributed by atoms with Crippen molar-refractivity contribution >= 4 is 17.7 Å². The summed E-state index contributed by atoms with van der Waals surface area (Å²) in [5.74, 6) is -1.94. The van der Waals surface area contributed by atoms with Gasteiger partial charge in [0.15, 0.2) is 0 Å². The Bertz CT molecular complexity index is 714. The number of hydrogen-bond donors (Lipinski definition) is 1. The predicted molar refractivity (Wildman–Crippen MR) is 77.1 cm³/mol. The van der Waals surface area contributed by atoms with Crippen molar-refractivity contribution in [3.05, 3.63) is 42.0 Å². The summed E-state index contributed by atoms with van der Waals surface area (Å²) in [7, 11) is 1.49. The minimum Gasteiger partial charge on any atom is -0.497 e. The van der Waals surface area contributed by atoms with Crippen LogP contribution in [-0.4, -0.2) is 42.0 Å². The Balaban J connectivity index is 1.54. The number of nitrogens with zero attached hydrogens (tertiary/aromatic N) is 1. The van der Waals surface area contributed by atoms with E-state index < -0.39 is 29.6 Å². The number of amides is 3. The maximum atomic E-state index is 12.4. The molecule has 7 heteroatoms. The first-order valence-corrected chi connectivity index (χ1v) is 7.27. The standard InChI is InChI=1S/C16H14N2O5/c1-22-9-4-2-3-8(7-9)14(19)17-18-15(20)12-10-5-6-11(23-10)13(12)16(18)21/h2-7,10-13H,1H3,(H,17,19)/t10-,11+,12-,13+. The number of hydrazine groups is 1. The molecule has 3 aliphatic heterocycles. The lowest BCUT2D eigenvalue weighted by molar-refractivity contribution is -0.145. The molecule has 0 radical (unpaired) electrons. The van der Waals surface area contributed by atoms with Crippen LogP contribution in [0.4, 0.5) is 0 Å². The number of benzene rings is 1. The van der Waals surface area contributed by atoms with E-state index in [0.717, 1.165) is 5.01 Å². The molecule has 0 unspecified atom stereocenters. The van der Waals surface area contributed by atoms with Gasteiger partial charge in [0.2, 0.25) is 0 Å². The van der Waals surface area contributed by atoms with Crippen molar-refractivity contribution in [3.8, 4) is 5.75 Å². The number of nitrogens with one attached hydrogen (secondary N) is 1. The molecule has 1 aromatic rings. The fraction of sp³-hybridized carbons (Fsp3) is 0.312. The summed E-state index contributed by atoms with van der Waals surface area (Å²) in [6, 6.07) is 6.48. The molecule has 2 saturated heterocycles. The minimum atomic E-state index is -0.539. The van der Waals surface area contributed by atoms with Gasteiger partial charge in [-0.3, -0.25) is 19.8 Å². The molecular weight excluding hydrogens is 300 g/mol. The van der Waals surface area contributed by atoms with Crippen molar-refractivity contribution in [2.24, 2.45) is 11.8 Å². The van der Waals surface area contributed by atoms with Crippen LogP contribution in [0.3, 0.4) is 0 Å². The predicted octanol–water partition coefficient (Wildman–Crippen LogP) is 0.278. The molecule has 0 saturated carbocycles. The zero-order valence-electron chi connectivity index (χ0n) is 12.3. The van der Waals surface area contributed by atoms with E-state index in [9.17, 15) is 14.4 Å². The largest absolute Gasteiger partial charge is 0.497 e. The highest BCUT2D eigenvalue weighted by atomic mass is 16.5. The quantitative estimate of drug-likeness (QED) is 0.640. The third-order valence-corrected chi connectivity index (χ3v) is 4.46. The number of carbonyl (C=O) groups excluding carboxylic acids is 3. The van der Waals surface area contributed by atoms with Crippen LogP contribution in [0.1, 0.15) is 10.4 Å². The van der Waals surface area contributed by atoms with E-state index in [0.29, 0.717) is 11.3 Å². The Hall–Kier alpha value is -2.67. The first-order valence-electron chi connectivity index (χ1n) is 7.27. The van der Waals surface area contributed by atoms with Crippen LogP contribution in [0.5, 0.6) is 5.75 Å². The van der Waals surface area contributed by atoms with Crippen molar-refractivity contribution < 1.29 is 23.9 Å². The van der Waals surface area contributed by atoms with Gasteiger partial charge in [0.1, 0.15) is 5.75 Å². The summed E-state index contributed by atoms with van der Waals surface area (Å²) in [6.45, 7) is 0. The fourth-order valence-electron chi connectivity index (χ4n) is 3.34. The van der Waals surface area contributed by atoms with Gasteiger partial charge in [0.25, 0.3) is 17.7 Å². The number of carbonyl (C=O) groups is 3. The highest BCUT2D eigenvalue weighted by molar-refractivity contribution is 6.09. The minimum absolute atomic E-state index is 0.305. The van der Waals surface area contributed by atoms with Gasteiger partial charge < -0.3 is 9.47 Å². The highest BCUT2D eigenvalue weighted by Crippen LogP contribution is 2.44. The molecule has 3 amide bonds. The van der Waals surface area contributed by atoms with Gasteiger partial charge in [0.05, 0.1) is 31.2 Å². The molecule has 3 aliphatic rings. The van der Waals surface area contributed by atoms with Gasteiger partial charge in [-0.25, -0.2) is 0 Å². The second-order valence-electron chi connectivity index (χ2n) is 5.69. The van der Waals surface area contributed by atoms with Crippen LogP contribution < -0.4 is 10.2 Å². The second-order valence-corrected chi connectivity index (χ2v) is 5.69. The van der Waals surface area contributed by atoms with Gasteiger partial charge >= 0.3 is 0 Å². The number of methoxy groups -OCH3 is 1. The van der Waals surface area contributed by atoms with Gasteiger partial charge in [-0.15, -0.1) is 0 Å².